The van der Waals surface area contributed by atoms with Crippen LogP contribution in [0.1, 0.15) is 23.0 Å². The molecule has 0 fully saturated rings. The van der Waals surface area contributed by atoms with E-state index in [0.29, 0.717) is 17.0 Å². The van der Waals surface area contributed by atoms with Gasteiger partial charge in [0.25, 0.3) is 0 Å². The Balaban J connectivity index is 2.77. The Labute approximate surface area is 81.5 Å². The molecule has 0 radical (unpaired) electrons. The van der Waals surface area contributed by atoms with Crippen LogP contribution in [0.4, 0.5) is 5.69 Å². The summed E-state index contributed by atoms with van der Waals surface area (Å²) in [5.74, 6) is 0.274. The van der Waals surface area contributed by atoms with Crippen LogP contribution in [0.2, 0.25) is 0 Å². The number of hydrogen-bond donors (Lipinski definition) is 1. The summed E-state index contributed by atoms with van der Waals surface area (Å²) in [6.07, 6.45) is 0. The minimum atomic E-state index is -0.0850. The number of rotatable bonds is 1. The molecule has 0 aliphatic rings. The van der Waals surface area contributed by atoms with Gasteiger partial charge in [-0.05, 0) is 24.6 Å². The Morgan fingerprint density at radius 3 is 2.79 bits per heavy atom. The third-order valence-electron chi connectivity index (χ3n) is 2.31. The highest BCUT2D eigenvalue weighted by molar-refractivity contribution is 5.99. The van der Waals surface area contributed by atoms with E-state index in [0.717, 1.165) is 10.9 Å². The summed E-state index contributed by atoms with van der Waals surface area (Å²) in [5, 5.41) is 0.815. The monoisotopic (exact) mass is 189 g/mol. The molecule has 0 aliphatic heterocycles. The lowest BCUT2D eigenvalue weighted by atomic mass is 10.1. The molecule has 14 heavy (non-hydrogen) atoms. The van der Waals surface area contributed by atoms with Crippen LogP contribution in [-0.2, 0) is 0 Å². The molecule has 0 spiro atoms. The lowest BCUT2D eigenvalue weighted by molar-refractivity contribution is 0.0989. The first-order valence-corrected chi connectivity index (χ1v) is 4.39. The van der Waals surface area contributed by atoms with Crippen molar-refractivity contribution in [3.8, 4) is 0 Å². The molecule has 0 saturated heterocycles. The molecular weight excluding hydrogens is 178 g/mol. The number of anilines is 1. The van der Waals surface area contributed by atoms with Crippen LogP contribution in [0.15, 0.2) is 22.6 Å². The Hall–Kier alpha value is -1.77. The van der Waals surface area contributed by atoms with E-state index in [2.05, 4.69) is 0 Å². The largest absolute Gasteiger partial charge is 0.453 e. The summed E-state index contributed by atoms with van der Waals surface area (Å²) >= 11 is 0. The first kappa shape index (κ1) is 8.81. The van der Waals surface area contributed by atoms with E-state index in [1.165, 1.54) is 6.92 Å². The Morgan fingerprint density at radius 2 is 2.14 bits per heavy atom. The lowest BCUT2D eigenvalue weighted by Gasteiger charge is -1.98. The standard InChI is InChI=1S/C11H11NO2/c1-6-3-4-9-8(11(6)12)5-10(14-9)7(2)13/h3-5H,12H2,1-2H3. The lowest BCUT2D eigenvalue weighted by Crippen LogP contribution is -1.89. The molecule has 0 unspecified atom stereocenters. The SMILES string of the molecule is CC(=O)c1cc2c(N)c(C)ccc2o1. The molecule has 0 bridgehead atoms. The number of nitrogens with two attached hydrogens (primary N) is 1. The van der Waals surface area contributed by atoms with Crippen LogP contribution in [-0.4, -0.2) is 5.78 Å². The summed E-state index contributed by atoms with van der Waals surface area (Å²) in [4.78, 5) is 11.1. The second-order valence-electron chi connectivity index (χ2n) is 3.37. The fourth-order valence-corrected chi connectivity index (χ4v) is 1.42. The molecule has 0 saturated carbocycles. The molecule has 2 aromatic rings. The van der Waals surface area contributed by atoms with E-state index < -0.39 is 0 Å². The molecule has 3 heteroatoms. The predicted molar refractivity (Wildman–Crippen MR) is 55.4 cm³/mol. The van der Waals surface area contributed by atoms with Crippen molar-refractivity contribution in [3.63, 3.8) is 0 Å². The normalized spacial score (nSPS) is 10.7. The molecular formula is C11H11NO2. The van der Waals surface area contributed by atoms with E-state index in [1.807, 2.05) is 19.1 Å². The van der Waals surface area contributed by atoms with Gasteiger partial charge in [0, 0.05) is 18.0 Å². The third kappa shape index (κ3) is 1.18. The van der Waals surface area contributed by atoms with Crippen LogP contribution in [0.25, 0.3) is 11.0 Å². The van der Waals surface area contributed by atoms with Crippen molar-refractivity contribution in [2.24, 2.45) is 0 Å². The zero-order chi connectivity index (χ0) is 10.3. The molecule has 1 aromatic heterocycles. The second kappa shape index (κ2) is 2.87. The number of furan rings is 1. The van der Waals surface area contributed by atoms with Gasteiger partial charge < -0.3 is 10.2 Å². The summed E-state index contributed by atoms with van der Waals surface area (Å²) in [6.45, 7) is 3.40. The van der Waals surface area contributed by atoms with Gasteiger partial charge in [-0.15, -0.1) is 0 Å². The smallest absolute Gasteiger partial charge is 0.194 e. The Kier molecular flexibility index (Phi) is 1.81. The van der Waals surface area contributed by atoms with E-state index in [9.17, 15) is 4.79 Å². The zero-order valence-electron chi connectivity index (χ0n) is 8.13. The number of carbonyl (C=O) groups excluding carboxylic acids is 1. The van der Waals surface area contributed by atoms with Gasteiger partial charge >= 0.3 is 0 Å². The van der Waals surface area contributed by atoms with Gasteiger partial charge in [0.2, 0.25) is 0 Å². The minimum Gasteiger partial charge on any atom is -0.453 e. The van der Waals surface area contributed by atoms with Crippen LogP contribution in [0.5, 0.6) is 0 Å². The average Bonchev–Trinajstić information content (AvgIpc) is 2.56. The van der Waals surface area contributed by atoms with E-state index in [4.69, 9.17) is 10.2 Å². The van der Waals surface area contributed by atoms with Gasteiger partial charge in [-0.1, -0.05) is 6.07 Å². The van der Waals surface area contributed by atoms with Crippen molar-refractivity contribution in [1.29, 1.82) is 0 Å². The van der Waals surface area contributed by atoms with Crippen molar-refractivity contribution in [3.05, 3.63) is 29.5 Å². The van der Waals surface area contributed by atoms with Crippen LogP contribution < -0.4 is 5.73 Å². The fraction of sp³-hybridized carbons (Fsp3) is 0.182. The highest BCUT2D eigenvalue weighted by Crippen LogP contribution is 2.27. The van der Waals surface area contributed by atoms with Crippen molar-refractivity contribution in [2.75, 3.05) is 5.73 Å². The third-order valence-corrected chi connectivity index (χ3v) is 2.31. The molecule has 1 aromatic carbocycles. The fourth-order valence-electron chi connectivity index (χ4n) is 1.42. The van der Waals surface area contributed by atoms with Gasteiger partial charge in [-0.25, -0.2) is 0 Å². The maximum Gasteiger partial charge on any atom is 0.194 e. The number of Topliss-reactive ketones (excluding diaryl/α,β-unsaturated/α-hetero) is 1. The highest BCUT2D eigenvalue weighted by atomic mass is 16.3. The Bertz CT molecular complexity index is 511. The van der Waals surface area contributed by atoms with Gasteiger partial charge in [0.15, 0.2) is 11.5 Å². The van der Waals surface area contributed by atoms with Gasteiger partial charge in [-0.3, -0.25) is 4.79 Å². The first-order chi connectivity index (χ1) is 6.59. The van der Waals surface area contributed by atoms with E-state index in [-0.39, 0.29) is 5.78 Å². The van der Waals surface area contributed by atoms with Gasteiger partial charge in [0.1, 0.15) is 5.58 Å². The highest BCUT2D eigenvalue weighted by Gasteiger charge is 2.10. The maximum absolute atomic E-state index is 11.1. The molecule has 0 atom stereocenters. The number of fused-ring (bicyclic) bond motifs is 1. The minimum absolute atomic E-state index is 0.0850. The van der Waals surface area contributed by atoms with Crippen LogP contribution in [0, 0.1) is 6.92 Å². The van der Waals surface area contributed by atoms with E-state index >= 15 is 0 Å². The number of benzene rings is 1. The molecule has 3 nitrogen and oxygen atoms in total. The van der Waals surface area contributed by atoms with E-state index in [1.54, 1.807) is 6.07 Å². The molecule has 1 heterocycles. The molecule has 0 amide bonds. The number of nitrogen functional groups attached to an aromatic ring is 1. The van der Waals surface area contributed by atoms with Crippen molar-refractivity contribution in [2.45, 2.75) is 13.8 Å². The summed E-state index contributed by atoms with van der Waals surface area (Å²) in [6, 6.07) is 5.40. The van der Waals surface area contributed by atoms with Crippen LogP contribution in [0.3, 0.4) is 0 Å². The first-order valence-electron chi connectivity index (χ1n) is 4.39. The summed E-state index contributed by atoms with van der Waals surface area (Å²) < 4.78 is 5.34. The van der Waals surface area contributed by atoms with Crippen LogP contribution >= 0.6 is 0 Å². The second-order valence-corrected chi connectivity index (χ2v) is 3.37. The quantitative estimate of drug-likeness (QED) is 0.554. The van der Waals surface area contributed by atoms with Crippen molar-refractivity contribution < 1.29 is 9.21 Å². The number of aryl methyl sites for hydroxylation is 1. The van der Waals surface area contributed by atoms with Crippen molar-refractivity contribution in [1.82, 2.24) is 0 Å². The summed E-state index contributed by atoms with van der Waals surface area (Å²) in [7, 11) is 0. The number of carbonyl (C=O) groups is 1. The number of ketones is 1. The van der Waals surface area contributed by atoms with Gasteiger partial charge in [0.05, 0.1) is 0 Å². The maximum atomic E-state index is 11.1. The molecule has 2 rings (SSSR count). The van der Waals surface area contributed by atoms with Gasteiger partial charge in [-0.2, -0.15) is 0 Å². The Morgan fingerprint density at radius 1 is 1.43 bits per heavy atom. The molecule has 72 valence electrons. The average molecular weight is 189 g/mol. The predicted octanol–water partition coefficient (Wildman–Crippen LogP) is 2.53. The van der Waals surface area contributed by atoms with Crippen molar-refractivity contribution >= 4 is 22.4 Å². The number of hydrogen-bond acceptors (Lipinski definition) is 3. The molecule has 0 aliphatic carbocycles. The zero-order valence-corrected chi connectivity index (χ0v) is 8.13. The summed E-state index contributed by atoms with van der Waals surface area (Å²) in [5.41, 5.74) is 8.20. The topological polar surface area (TPSA) is 56.2 Å². The molecule has 2 N–H and O–H groups in total.